The maximum Gasteiger partial charge on any atom is 0.269 e. The van der Waals surface area contributed by atoms with E-state index in [-0.39, 0.29) is 23.6 Å². The van der Waals surface area contributed by atoms with E-state index in [2.05, 4.69) is 15.4 Å². The molecule has 7 nitrogen and oxygen atoms in total. The van der Waals surface area contributed by atoms with E-state index in [9.17, 15) is 14.5 Å². The fourth-order valence-electron chi connectivity index (χ4n) is 3.20. The molecule has 0 bridgehead atoms. The Labute approximate surface area is 142 Å². The van der Waals surface area contributed by atoms with Crippen molar-refractivity contribution in [2.24, 2.45) is 0 Å². The highest BCUT2D eigenvalue weighted by Crippen LogP contribution is 2.38. The largest absolute Gasteiger partial charge is 0.348 e. The van der Waals surface area contributed by atoms with Gasteiger partial charge in [-0.2, -0.15) is 10.1 Å². The van der Waals surface area contributed by atoms with Crippen LogP contribution in [0.25, 0.3) is 0 Å². The van der Waals surface area contributed by atoms with Gasteiger partial charge in [-0.15, -0.1) is 0 Å². The first-order valence-electron chi connectivity index (χ1n) is 7.78. The third-order valence-electron chi connectivity index (χ3n) is 4.38. The summed E-state index contributed by atoms with van der Waals surface area (Å²) in [6, 6.07) is 12.4. The molecule has 3 aromatic rings. The number of halogens is 1. The summed E-state index contributed by atoms with van der Waals surface area (Å²) < 4.78 is 15.9. The smallest absolute Gasteiger partial charge is 0.269 e. The van der Waals surface area contributed by atoms with Gasteiger partial charge < -0.3 is 5.32 Å². The normalized spacial score (nSPS) is 19.1. The van der Waals surface area contributed by atoms with E-state index in [0.29, 0.717) is 17.9 Å². The maximum absolute atomic E-state index is 14.3. The molecular formula is C17H14FN5O2. The molecule has 8 heteroatoms. The van der Waals surface area contributed by atoms with Crippen LogP contribution in [-0.4, -0.2) is 19.7 Å². The molecule has 0 saturated heterocycles. The van der Waals surface area contributed by atoms with Gasteiger partial charge in [0.05, 0.1) is 17.0 Å². The van der Waals surface area contributed by atoms with Gasteiger partial charge in [-0.3, -0.25) is 10.1 Å². The summed E-state index contributed by atoms with van der Waals surface area (Å²) >= 11 is 0. The Morgan fingerprint density at radius 1 is 1.24 bits per heavy atom. The summed E-state index contributed by atoms with van der Waals surface area (Å²) in [6.07, 6.45) is 1.91. The van der Waals surface area contributed by atoms with Crippen LogP contribution < -0.4 is 5.32 Å². The molecule has 0 aliphatic carbocycles. The van der Waals surface area contributed by atoms with E-state index in [4.69, 9.17) is 0 Å². The van der Waals surface area contributed by atoms with Crippen LogP contribution in [0.5, 0.6) is 0 Å². The van der Waals surface area contributed by atoms with Crippen molar-refractivity contribution in [2.45, 2.75) is 18.5 Å². The highest BCUT2D eigenvalue weighted by atomic mass is 19.1. The standard InChI is InChI=1S/C17H14FN5O2/c18-14-7-2-1-6-13(14)16-9-15(21-17-19-10-20-22(16)17)11-4-3-5-12(8-11)23(24)25/h1-8,10,15-16H,9H2,(H,19,20,21). The molecule has 1 aromatic heterocycles. The second kappa shape index (κ2) is 5.97. The Balaban J connectivity index is 1.75. The number of nitro benzene ring substituents is 1. The van der Waals surface area contributed by atoms with Gasteiger partial charge in [-0.1, -0.05) is 30.3 Å². The van der Waals surface area contributed by atoms with Crippen molar-refractivity contribution in [1.29, 1.82) is 0 Å². The summed E-state index contributed by atoms with van der Waals surface area (Å²) in [5.41, 5.74) is 1.30. The van der Waals surface area contributed by atoms with E-state index in [1.54, 1.807) is 28.9 Å². The number of non-ortho nitro benzene ring substituents is 1. The van der Waals surface area contributed by atoms with Gasteiger partial charge in [0.1, 0.15) is 12.1 Å². The van der Waals surface area contributed by atoms with E-state index < -0.39 is 4.92 Å². The number of rotatable bonds is 3. The van der Waals surface area contributed by atoms with Gasteiger partial charge in [0, 0.05) is 17.7 Å². The summed E-state index contributed by atoms with van der Waals surface area (Å²) in [5.74, 6) is 0.199. The fourth-order valence-corrected chi connectivity index (χ4v) is 3.20. The number of nitro groups is 1. The lowest BCUT2D eigenvalue weighted by atomic mass is 9.93. The van der Waals surface area contributed by atoms with Crippen molar-refractivity contribution in [3.63, 3.8) is 0 Å². The van der Waals surface area contributed by atoms with Crippen LogP contribution in [0.1, 0.15) is 29.6 Å². The number of aromatic nitrogens is 3. The van der Waals surface area contributed by atoms with Crippen LogP contribution in [0.3, 0.4) is 0 Å². The molecule has 2 atom stereocenters. The highest BCUT2D eigenvalue weighted by Gasteiger charge is 2.31. The van der Waals surface area contributed by atoms with Crippen LogP contribution >= 0.6 is 0 Å². The Hall–Kier alpha value is -3.29. The minimum atomic E-state index is -0.427. The predicted octanol–water partition coefficient (Wildman–Crippen LogP) is 3.47. The van der Waals surface area contributed by atoms with Crippen LogP contribution in [0.15, 0.2) is 54.9 Å². The zero-order chi connectivity index (χ0) is 17.4. The zero-order valence-electron chi connectivity index (χ0n) is 13.0. The van der Waals surface area contributed by atoms with Crippen molar-refractivity contribution < 1.29 is 9.31 Å². The minimum absolute atomic E-state index is 0.0220. The molecule has 25 heavy (non-hydrogen) atoms. The summed E-state index contributed by atoms with van der Waals surface area (Å²) in [5, 5.41) is 18.5. The third-order valence-corrected chi connectivity index (χ3v) is 4.38. The van der Waals surface area contributed by atoms with Gasteiger partial charge in [0.15, 0.2) is 0 Å². The number of fused-ring (bicyclic) bond motifs is 1. The zero-order valence-corrected chi connectivity index (χ0v) is 13.0. The van der Waals surface area contributed by atoms with Gasteiger partial charge in [0.2, 0.25) is 5.95 Å². The second-order valence-corrected chi connectivity index (χ2v) is 5.85. The second-order valence-electron chi connectivity index (χ2n) is 5.85. The van der Waals surface area contributed by atoms with Gasteiger partial charge in [0.25, 0.3) is 5.69 Å². The Morgan fingerprint density at radius 3 is 2.88 bits per heavy atom. The van der Waals surface area contributed by atoms with Crippen molar-refractivity contribution in [3.05, 3.63) is 81.9 Å². The maximum atomic E-state index is 14.3. The molecule has 4 rings (SSSR count). The molecule has 126 valence electrons. The number of nitrogens with one attached hydrogen (secondary N) is 1. The molecule has 0 spiro atoms. The summed E-state index contributed by atoms with van der Waals surface area (Å²) in [6.45, 7) is 0. The van der Waals surface area contributed by atoms with Crippen LogP contribution in [0.4, 0.5) is 16.0 Å². The van der Waals surface area contributed by atoms with Crippen molar-refractivity contribution >= 4 is 11.6 Å². The van der Waals surface area contributed by atoms with Crippen molar-refractivity contribution in [2.75, 3.05) is 5.32 Å². The molecule has 0 radical (unpaired) electrons. The Morgan fingerprint density at radius 2 is 2.08 bits per heavy atom. The minimum Gasteiger partial charge on any atom is -0.348 e. The molecule has 1 N–H and O–H groups in total. The molecule has 0 amide bonds. The Bertz CT molecular complexity index is 942. The SMILES string of the molecule is O=[N+]([O-])c1cccc(C2CC(c3ccccc3F)n3ncnc3N2)c1. The first kappa shape index (κ1) is 15.3. The van der Waals surface area contributed by atoms with Gasteiger partial charge in [-0.25, -0.2) is 9.07 Å². The van der Waals surface area contributed by atoms with Crippen LogP contribution in [-0.2, 0) is 0 Å². The molecule has 0 saturated carbocycles. The molecule has 2 aromatic carbocycles. The summed E-state index contributed by atoms with van der Waals surface area (Å²) in [7, 11) is 0. The average Bonchev–Trinajstić information content (AvgIpc) is 3.10. The lowest BCUT2D eigenvalue weighted by Crippen LogP contribution is -2.28. The van der Waals surface area contributed by atoms with Crippen LogP contribution in [0.2, 0.25) is 0 Å². The van der Waals surface area contributed by atoms with E-state index in [0.717, 1.165) is 5.56 Å². The first-order valence-corrected chi connectivity index (χ1v) is 7.78. The molecule has 0 fully saturated rings. The molecule has 2 heterocycles. The lowest BCUT2D eigenvalue weighted by molar-refractivity contribution is -0.384. The first-order chi connectivity index (χ1) is 12.1. The molecule has 2 unspecified atom stereocenters. The highest BCUT2D eigenvalue weighted by molar-refractivity contribution is 5.42. The monoisotopic (exact) mass is 339 g/mol. The van der Waals surface area contributed by atoms with Crippen LogP contribution in [0, 0.1) is 15.9 Å². The van der Waals surface area contributed by atoms with E-state index >= 15 is 0 Å². The average molecular weight is 339 g/mol. The number of hydrogen-bond donors (Lipinski definition) is 1. The van der Waals surface area contributed by atoms with Crippen molar-refractivity contribution in [1.82, 2.24) is 14.8 Å². The van der Waals surface area contributed by atoms with E-state index in [1.165, 1.54) is 24.5 Å². The third kappa shape index (κ3) is 2.71. The number of benzene rings is 2. The molecule has 1 aliphatic rings. The van der Waals surface area contributed by atoms with Gasteiger partial charge >= 0.3 is 0 Å². The topological polar surface area (TPSA) is 85.9 Å². The number of hydrogen-bond acceptors (Lipinski definition) is 5. The Kier molecular flexibility index (Phi) is 3.64. The molecule has 1 aliphatic heterocycles. The lowest BCUT2D eigenvalue weighted by Gasteiger charge is -2.31. The van der Waals surface area contributed by atoms with Gasteiger partial charge in [-0.05, 0) is 18.1 Å². The molecular weight excluding hydrogens is 325 g/mol. The number of nitrogens with zero attached hydrogens (tertiary/aromatic N) is 4. The van der Waals surface area contributed by atoms with E-state index in [1.807, 2.05) is 6.07 Å². The quantitative estimate of drug-likeness (QED) is 0.583. The summed E-state index contributed by atoms with van der Waals surface area (Å²) in [4.78, 5) is 14.8. The van der Waals surface area contributed by atoms with Crippen molar-refractivity contribution in [3.8, 4) is 0 Å². The number of anilines is 1. The fraction of sp³-hybridized carbons (Fsp3) is 0.176. The predicted molar refractivity (Wildman–Crippen MR) is 88.6 cm³/mol.